The summed E-state index contributed by atoms with van der Waals surface area (Å²) in [7, 11) is 0. The van der Waals surface area contributed by atoms with Crippen LogP contribution in [0.25, 0.3) is 0 Å². The molecule has 1 rings (SSSR count). The van der Waals surface area contributed by atoms with Gasteiger partial charge in [-0.25, -0.2) is 8.78 Å². The molecule has 1 aromatic carbocycles. The Morgan fingerprint density at radius 3 is 2.20 bits per heavy atom. The van der Waals surface area contributed by atoms with Gasteiger partial charge in [0.15, 0.2) is 0 Å². The van der Waals surface area contributed by atoms with Crippen molar-refractivity contribution in [3.05, 3.63) is 29.8 Å². The molecule has 0 amide bonds. The molecule has 15 heavy (non-hydrogen) atoms. The van der Waals surface area contributed by atoms with Crippen molar-refractivity contribution in [3.63, 3.8) is 0 Å². The molecule has 0 aliphatic rings. The highest BCUT2D eigenvalue weighted by atomic mass is 35.5. The van der Waals surface area contributed by atoms with Crippen LogP contribution in [0.15, 0.2) is 18.2 Å². The highest BCUT2D eigenvalue weighted by Gasteiger charge is 2.11. The van der Waals surface area contributed by atoms with Gasteiger partial charge in [0.05, 0.1) is 5.69 Å². The minimum absolute atomic E-state index is 0.205. The molecule has 0 bridgehead atoms. The Balaban J connectivity index is 2.93. The highest BCUT2D eigenvalue weighted by Crippen LogP contribution is 2.20. The number of hydrogen-bond acceptors (Lipinski definition) is 1. The fraction of sp³-hybridized carbons (Fsp3) is 0.400. The molecule has 0 unspecified atom stereocenters. The summed E-state index contributed by atoms with van der Waals surface area (Å²) in [4.78, 5) is 1.62. The zero-order chi connectivity index (χ0) is 11.3. The summed E-state index contributed by atoms with van der Waals surface area (Å²) in [5.74, 6) is -0.258. The van der Waals surface area contributed by atoms with Crippen LogP contribution in [0.1, 0.15) is 0 Å². The summed E-state index contributed by atoms with van der Waals surface area (Å²) in [6.45, 7) is 0.878. The summed E-state index contributed by atoms with van der Waals surface area (Å²) in [5, 5.41) is 0. The van der Waals surface area contributed by atoms with Gasteiger partial charge in [-0.15, -0.1) is 23.2 Å². The minimum atomic E-state index is -0.472. The van der Waals surface area contributed by atoms with Crippen LogP contribution in [0.3, 0.4) is 0 Å². The van der Waals surface area contributed by atoms with Crippen LogP contribution in [0.2, 0.25) is 0 Å². The van der Waals surface area contributed by atoms with E-state index >= 15 is 0 Å². The molecule has 0 fully saturated rings. The van der Waals surface area contributed by atoms with Gasteiger partial charge in [0.1, 0.15) is 11.6 Å². The Morgan fingerprint density at radius 2 is 1.67 bits per heavy atom. The number of benzene rings is 1. The number of anilines is 1. The van der Waals surface area contributed by atoms with Gasteiger partial charge in [0.2, 0.25) is 0 Å². The second kappa shape index (κ2) is 6.13. The lowest BCUT2D eigenvalue weighted by Crippen LogP contribution is -2.28. The lowest BCUT2D eigenvalue weighted by atomic mass is 10.2. The van der Waals surface area contributed by atoms with Gasteiger partial charge >= 0.3 is 0 Å². The molecule has 0 heterocycles. The van der Waals surface area contributed by atoms with Gasteiger partial charge in [-0.3, -0.25) is 0 Å². The van der Waals surface area contributed by atoms with E-state index in [1.807, 2.05) is 0 Å². The largest absolute Gasteiger partial charge is 0.367 e. The summed E-state index contributed by atoms with van der Waals surface area (Å²) in [5.41, 5.74) is 0.205. The Hall–Kier alpha value is -0.540. The van der Waals surface area contributed by atoms with E-state index in [2.05, 4.69) is 0 Å². The second-order valence-corrected chi connectivity index (χ2v) is 3.72. The topological polar surface area (TPSA) is 3.24 Å². The normalized spacial score (nSPS) is 10.4. The zero-order valence-electron chi connectivity index (χ0n) is 8.02. The molecule has 0 aliphatic heterocycles. The number of alkyl halides is 2. The molecule has 0 saturated heterocycles. The van der Waals surface area contributed by atoms with Crippen molar-refractivity contribution in [1.82, 2.24) is 0 Å². The van der Waals surface area contributed by atoms with Crippen LogP contribution in [-0.4, -0.2) is 24.8 Å². The quantitative estimate of drug-likeness (QED) is 0.729. The Bertz CT molecular complexity index is 314. The van der Waals surface area contributed by atoms with Crippen molar-refractivity contribution in [2.45, 2.75) is 0 Å². The van der Waals surface area contributed by atoms with Crippen molar-refractivity contribution in [2.75, 3.05) is 29.7 Å². The second-order valence-electron chi connectivity index (χ2n) is 2.96. The van der Waals surface area contributed by atoms with Gasteiger partial charge in [-0.2, -0.15) is 0 Å². The third-order valence-corrected chi connectivity index (χ3v) is 2.30. The first-order valence-electron chi connectivity index (χ1n) is 4.51. The SMILES string of the molecule is Fc1ccc(F)c(N(CCCl)CCCl)c1. The van der Waals surface area contributed by atoms with Gasteiger partial charge in [0.25, 0.3) is 0 Å². The molecule has 1 nitrogen and oxygen atoms in total. The van der Waals surface area contributed by atoms with Crippen LogP contribution >= 0.6 is 23.2 Å². The van der Waals surface area contributed by atoms with E-state index < -0.39 is 11.6 Å². The summed E-state index contributed by atoms with van der Waals surface area (Å²) in [6, 6.07) is 3.33. The molecule has 0 spiro atoms. The van der Waals surface area contributed by atoms with E-state index in [0.29, 0.717) is 24.8 Å². The van der Waals surface area contributed by atoms with Crippen molar-refractivity contribution >= 4 is 28.9 Å². The van der Waals surface area contributed by atoms with E-state index in [-0.39, 0.29) is 5.69 Å². The summed E-state index contributed by atoms with van der Waals surface area (Å²) < 4.78 is 26.3. The van der Waals surface area contributed by atoms with Crippen LogP contribution in [0.4, 0.5) is 14.5 Å². The number of rotatable bonds is 5. The zero-order valence-corrected chi connectivity index (χ0v) is 9.53. The molecule has 0 aliphatic carbocycles. The van der Waals surface area contributed by atoms with Crippen LogP contribution < -0.4 is 4.90 Å². The molecule has 84 valence electrons. The molecular weight excluding hydrogens is 243 g/mol. The van der Waals surface area contributed by atoms with Crippen molar-refractivity contribution < 1.29 is 8.78 Å². The number of nitrogens with zero attached hydrogens (tertiary/aromatic N) is 1. The maximum Gasteiger partial charge on any atom is 0.146 e. The van der Waals surface area contributed by atoms with Crippen molar-refractivity contribution in [2.24, 2.45) is 0 Å². The Morgan fingerprint density at radius 1 is 1.07 bits per heavy atom. The molecule has 0 radical (unpaired) electrons. The Kier molecular flexibility index (Phi) is 5.12. The monoisotopic (exact) mass is 253 g/mol. The molecule has 1 aromatic rings. The number of hydrogen-bond donors (Lipinski definition) is 0. The molecule has 0 aromatic heterocycles. The first-order valence-corrected chi connectivity index (χ1v) is 5.58. The van der Waals surface area contributed by atoms with Gasteiger partial charge in [0, 0.05) is 30.9 Å². The standard InChI is InChI=1S/C10H11Cl2F2N/c11-3-5-15(6-4-12)10-7-8(13)1-2-9(10)14/h1-2,7H,3-6H2. The summed E-state index contributed by atoms with van der Waals surface area (Å²) in [6.07, 6.45) is 0. The maximum atomic E-state index is 13.4. The van der Waals surface area contributed by atoms with Crippen LogP contribution in [0, 0.1) is 11.6 Å². The van der Waals surface area contributed by atoms with E-state index in [9.17, 15) is 8.78 Å². The van der Waals surface area contributed by atoms with E-state index in [1.165, 1.54) is 0 Å². The molecular formula is C10H11Cl2F2N. The Labute approximate surface area is 97.6 Å². The fourth-order valence-corrected chi connectivity index (χ4v) is 1.69. The fourth-order valence-electron chi connectivity index (χ4n) is 1.28. The molecule has 0 saturated carbocycles. The minimum Gasteiger partial charge on any atom is -0.367 e. The van der Waals surface area contributed by atoms with E-state index in [4.69, 9.17) is 23.2 Å². The smallest absolute Gasteiger partial charge is 0.146 e. The maximum absolute atomic E-state index is 13.4. The van der Waals surface area contributed by atoms with Crippen LogP contribution in [0.5, 0.6) is 0 Å². The third-order valence-electron chi connectivity index (χ3n) is 1.96. The molecule has 0 N–H and O–H groups in total. The third kappa shape index (κ3) is 3.50. The lowest BCUT2D eigenvalue weighted by Gasteiger charge is -2.23. The first-order chi connectivity index (χ1) is 7.19. The lowest BCUT2D eigenvalue weighted by molar-refractivity contribution is 0.595. The van der Waals surface area contributed by atoms with Crippen LogP contribution in [-0.2, 0) is 0 Å². The summed E-state index contributed by atoms with van der Waals surface area (Å²) >= 11 is 11.1. The predicted molar refractivity (Wildman–Crippen MR) is 60.0 cm³/mol. The molecule has 5 heteroatoms. The van der Waals surface area contributed by atoms with Crippen molar-refractivity contribution in [1.29, 1.82) is 0 Å². The van der Waals surface area contributed by atoms with E-state index in [0.717, 1.165) is 18.2 Å². The van der Waals surface area contributed by atoms with Crippen molar-refractivity contribution in [3.8, 4) is 0 Å². The molecule has 0 atom stereocenters. The van der Waals surface area contributed by atoms with Gasteiger partial charge < -0.3 is 4.90 Å². The van der Waals surface area contributed by atoms with Gasteiger partial charge in [-0.1, -0.05) is 0 Å². The number of halogens is 4. The van der Waals surface area contributed by atoms with E-state index in [1.54, 1.807) is 4.90 Å². The predicted octanol–water partition coefficient (Wildman–Crippen LogP) is 3.25. The van der Waals surface area contributed by atoms with Gasteiger partial charge in [-0.05, 0) is 12.1 Å². The highest BCUT2D eigenvalue weighted by molar-refractivity contribution is 6.18. The average molecular weight is 254 g/mol. The average Bonchev–Trinajstić information content (AvgIpc) is 2.21. The first kappa shape index (κ1) is 12.5.